The van der Waals surface area contributed by atoms with Crippen LogP contribution in [0.4, 0.5) is 11.5 Å². The van der Waals surface area contributed by atoms with Crippen LogP contribution >= 0.6 is 0 Å². The fraction of sp³-hybridized carbons (Fsp3) is 0.471. The van der Waals surface area contributed by atoms with Crippen LogP contribution in [0.15, 0.2) is 24.5 Å². The van der Waals surface area contributed by atoms with Crippen LogP contribution < -0.4 is 10.6 Å². The van der Waals surface area contributed by atoms with Gasteiger partial charge >= 0.3 is 0 Å². The topological polar surface area (TPSA) is 72.0 Å². The molecule has 1 unspecified atom stereocenters. The van der Waals surface area contributed by atoms with Crippen LogP contribution in [0.2, 0.25) is 0 Å². The van der Waals surface area contributed by atoms with E-state index in [0.29, 0.717) is 6.61 Å². The van der Waals surface area contributed by atoms with Gasteiger partial charge in [0.25, 0.3) is 0 Å². The number of hydrogen-bond acceptors (Lipinski definition) is 6. The number of hydrogen-bond donors (Lipinski definition) is 2. The second kappa shape index (κ2) is 5.77. The Morgan fingerprint density at radius 2 is 2.13 bits per heavy atom. The number of fused-ring (bicyclic) bond motifs is 1. The number of pyridine rings is 1. The zero-order valence-electron chi connectivity index (χ0n) is 13.3. The summed E-state index contributed by atoms with van der Waals surface area (Å²) in [5.41, 5.74) is 3.05. The summed E-state index contributed by atoms with van der Waals surface area (Å²) in [5, 5.41) is 7.06. The molecule has 6 nitrogen and oxygen atoms in total. The Kier molecular flexibility index (Phi) is 3.61. The third kappa shape index (κ3) is 2.86. The van der Waals surface area contributed by atoms with Crippen molar-refractivity contribution in [2.75, 3.05) is 30.4 Å². The Labute approximate surface area is 135 Å². The van der Waals surface area contributed by atoms with Gasteiger partial charge in [-0.2, -0.15) is 0 Å². The maximum Gasteiger partial charge on any atom is 0.162 e. The van der Waals surface area contributed by atoms with E-state index in [0.717, 1.165) is 61.0 Å². The minimum absolute atomic E-state index is 0.0727. The van der Waals surface area contributed by atoms with Crippen molar-refractivity contribution >= 4 is 11.5 Å². The van der Waals surface area contributed by atoms with E-state index in [9.17, 15) is 0 Å². The molecule has 0 amide bonds. The Bertz CT molecular complexity index is 698. The van der Waals surface area contributed by atoms with E-state index in [2.05, 4.69) is 22.5 Å². The van der Waals surface area contributed by atoms with Crippen LogP contribution in [0.3, 0.4) is 0 Å². The molecule has 4 heterocycles. The van der Waals surface area contributed by atoms with Crippen LogP contribution in [0, 0.1) is 0 Å². The Hall–Kier alpha value is -2.21. The summed E-state index contributed by atoms with van der Waals surface area (Å²) in [5.74, 6) is 1.63. The Balaban J connectivity index is 1.76. The van der Waals surface area contributed by atoms with Crippen LogP contribution in [0.5, 0.6) is 0 Å². The minimum atomic E-state index is -0.0727. The van der Waals surface area contributed by atoms with Crippen molar-refractivity contribution in [3.05, 3.63) is 30.2 Å². The predicted molar refractivity (Wildman–Crippen MR) is 89.5 cm³/mol. The van der Waals surface area contributed by atoms with Crippen LogP contribution in [0.25, 0.3) is 11.4 Å². The fourth-order valence-corrected chi connectivity index (χ4v) is 3.12. The van der Waals surface area contributed by atoms with Gasteiger partial charge in [0.1, 0.15) is 0 Å². The highest BCUT2D eigenvalue weighted by molar-refractivity contribution is 5.72. The first-order valence-corrected chi connectivity index (χ1v) is 8.15. The first kappa shape index (κ1) is 14.4. The van der Waals surface area contributed by atoms with Gasteiger partial charge in [0.15, 0.2) is 11.6 Å². The van der Waals surface area contributed by atoms with E-state index in [4.69, 9.17) is 14.7 Å². The van der Waals surface area contributed by atoms with E-state index < -0.39 is 0 Å². The van der Waals surface area contributed by atoms with Crippen molar-refractivity contribution < 1.29 is 4.74 Å². The zero-order valence-corrected chi connectivity index (χ0v) is 13.3. The molecule has 23 heavy (non-hydrogen) atoms. The second-order valence-corrected chi connectivity index (χ2v) is 6.47. The molecule has 6 heteroatoms. The normalized spacial score (nSPS) is 23.2. The molecule has 2 N–H and O–H groups in total. The van der Waals surface area contributed by atoms with Crippen LogP contribution in [-0.2, 0) is 11.2 Å². The molecule has 0 aromatic carbocycles. The predicted octanol–water partition coefficient (Wildman–Crippen LogP) is 2.49. The summed E-state index contributed by atoms with van der Waals surface area (Å²) in [7, 11) is 0. The molecule has 0 saturated carbocycles. The van der Waals surface area contributed by atoms with Gasteiger partial charge in [-0.05, 0) is 38.3 Å². The number of aromatic nitrogens is 3. The van der Waals surface area contributed by atoms with Gasteiger partial charge in [-0.15, -0.1) is 0 Å². The zero-order chi connectivity index (χ0) is 15.7. The quantitative estimate of drug-likeness (QED) is 0.907. The number of nitrogens with one attached hydrogen (secondary N) is 2. The van der Waals surface area contributed by atoms with Gasteiger partial charge in [-0.3, -0.25) is 4.98 Å². The standard InChI is InChI=1S/C17H21N5O/c1-17(6-10-23-11-17)22-16-14-13(3-2-7-19-14)20-15(21-16)12-4-8-18-9-5-12/h4-5,8-9,19H,2-3,6-7,10-11H2,1H3,(H,20,21,22). The Morgan fingerprint density at radius 3 is 2.91 bits per heavy atom. The van der Waals surface area contributed by atoms with Gasteiger partial charge in [-0.25, -0.2) is 9.97 Å². The number of rotatable bonds is 3. The van der Waals surface area contributed by atoms with Crippen molar-refractivity contribution in [3.63, 3.8) is 0 Å². The molecule has 4 rings (SSSR count). The average molecular weight is 311 g/mol. The molecule has 0 aliphatic carbocycles. The average Bonchev–Trinajstić information content (AvgIpc) is 3.02. The molecule has 0 radical (unpaired) electrons. The van der Waals surface area contributed by atoms with E-state index in [-0.39, 0.29) is 5.54 Å². The van der Waals surface area contributed by atoms with E-state index in [1.807, 2.05) is 12.1 Å². The molecule has 2 aliphatic heterocycles. The summed E-state index contributed by atoms with van der Waals surface area (Å²) in [4.78, 5) is 13.6. The lowest BCUT2D eigenvalue weighted by molar-refractivity contribution is 0.185. The third-order valence-corrected chi connectivity index (χ3v) is 4.45. The second-order valence-electron chi connectivity index (χ2n) is 6.47. The van der Waals surface area contributed by atoms with Crippen molar-refractivity contribution in [2.45, 2.75) is 31.7 Å². The van der Waals surface area contributed by atoms with Crippen molar-refractivity contribution in [1.82, 2.24) is 15.0 Å². The molecule has 2 aliphatic rings. The van der Waals surface area contributed by atoms with Crippen molar-refractivity contribution in [3.8, 4) is 11.4 Å². The number of aryl methyl sites for hydroxylation is 1. The molecule has 0 bridgehead atoms. The highest BCUT2D eigenvalue weighted by atomic mass is 16.5. The molecule has 1 atom stereocenters. The largest absolute Gasteiger partial charge is 0.381 e. The first-order valence-electron chi connectivity index (χ1n) is 8.15. The van der Waals surface area contributed by atoms with E-state index in [1.54, 1.807) is 12.4 Å². The first-order chi connectivity index (χ1) is 11.2. The molecular formula is C17H21N5O. The lowest BCUT2D eigenvalue weighted by Gasteiger charge is -2.28. The molecule has 1 saturated heterocycles. The highest BCUT2D eigenvalue weighted by Crippen LogP contribution is 2.33. The maximum absolute atomic E-state index is 5.56. The molecule has 120 valence electrons. The molecule has 2 aromatic heterocycles. The molecule has 0 spiro atoms. The lowest BCUT2D eigenvalue weighted by atomic mass is 10.0. The maximum atomic E-state index is 5.56. The van der Waals surface area contributed by atoms with E-state index in [1.165, 1.54) is 0 Å². The van der Waals surface area contributed by atoms with Gasteiger partial charge in [0.2, 0.25) is 0 Å². The summed E-state index contributed by atoms with van der Waals surface area (Å²) < 4.78 is 5.56. The molecule has 1 fully saturated rings. The third-order valence-electron chi connectivity index (χ3n) is 4.45. The molecular weight excluding hydrogens is 290 g/mol. The van der Waals surface area contributed by atoms with Crippen LogP contribution in [0.1, 0.15) is 25.5 Å². The number of anilines is 2. The van der Waals surface area contributed by atoms with Crippen molar-refractivity contribution in [2.24, 2.45) is 0 Å². The minimum Gasteiger partial charge on any atom is -0.381 e. The van der Waals surface area contributed by atoms with E-state index >= 15 is 0 Å². The van der Waals surface area contributed by atoms with Gasteiger partial charge < -0.3 is 15.4 Å². The van der Waals surface area contributed by atoms with Gasteiger partial charge in [-0.1, -0.05) is 0 Å². The van der Waals surface area contributed by atoms with Gasteiger partial charge in [0, 0.05) is 31.1 Å². The van der Waals surface area contributed by atoms with Crippen molar-refractivity contribution in [1.29, 1.82) is 0 Å². The van der Waals surface area contributed by atoms with Crippen LogP contribution in [-0.4, -0.2) is 40.2 Å². The summed E-state index contributed by atoms with van der Waals surface area (Å²) in [6.07, 6.45) is 6.60. The monoisotopic (exact) mass is 311 g/mol. The summed E-state index contributed by atoms with van der Waals surface area (Å²) in [6, 6.07) is 3.89. The summed E-state index contributed by atoms with van der Waals surface area (Å²) in [6.45, 7) is 4.65. The molecule has 2 aromatic rings. The Morgan fingerprint density at radius 1 is 1.26 bits per heavy atom. The number of nitrogens with zero attached hydrogens (tertiary/aromatic N) is 3. The SMILES string of the molecule is CC1(Nc2nc(-c3ccncc3)nc3c2NCCC3)CCOC1. The van der Waals surface area contributed by atoms with Gasteiger partial charge in [0.05, 0.1) is 23.5 Å². The smallest absolute Gasteiger partial charge is 0.162 e. The fourth-order valence-electron chi connectivity index (χ4n) is 3.12. The summed E-state index contributed by atoms with van der Waals surface area (Å²) >= 11 is 0. The highest BCUT2D eigenvalue weighted by Gasteiger charge is 2.31. The lowest BCUT2D eigenvalue weighted by Crippen LogP contribution is -2.36. The number of ether oxygens (including phenoxy) is 1.